The van der Waals surface area contributed by atoms with Crippen LogP contribution in [0.15, 0.2) is 30.3 Å². The fourth-order valence-electron chi connectivity index (χ4n) is 3.37. The summed E-state index contributed by atoms with van der Waals surface area (Å²) in [6, 6.07) is 6.27. The highest BCUT2D eigenvalue weighted by Crippen LogP contribution is 2.36. The van der Waals surface area contributed by atoms with Crippen LogP contribution in [0, 0.1) is 49.9 Å². The first-order chi connectivity index (χ1) is 12.7. The molecule has 0 unspecified atom stereocenters. The second-order valence-electron chi connectivity index (χ2n) is 6.70. The van der Waals surface area contributed by atoms with Crippen LogP contribution in [0.25, 0.3) is 27.5 Å². The van der Waals surface area contributed by atoms with Gasteiger partial charge in [-0.2, -0.15) is 0 Å². The lowest BCUT2D eigenvalue weighted by atomic mass is 10.1. The Balaban J connectivity index is 2.26. The van der Waals surface area contributed by atoms with E-state index in [-0.39, 0.29) is 11.0 Å². The minimum atomic E-state index is -1.33. The molecule has 0 aliphatic carbocycles. The van der Waals surface area contributed by atoms with E-state index in [0.29, 0.717) is 21.9 Å². The first-order valence-electron chi connectivity index (χ1n) is 8.25. The van der Waals surface area contributed by atoms with Crippen molar-refractivity contribution >= 4 is 21.8 Å². The molecule has 1 aromatic heterocycles. The highest BCUT2D eigenvalue weighted by molar-refractivity contribution is 6.09. The summed E-state index contributed by atoms with van der Waals surface area (Å²) in [5, 5.41) is 1.07. The fourth-order valence-corrected chi connectivity index (χ4v) is 3.37. The van der Waals surface area contributed by atoms with Gasteiger partial charge in [0.1, 0.15) is 17.5 Å². The summed E-state index contributed by atoms with van der Waals surface area (Å²) in [6.45, 7) is 4.26. The Morgan fingerprint density at radius 2 is 1.07 bits per heavy atom. The highest BCUT2D eigenvalue weighted by atomic mass is 19.2. The number of nitrogens with zero attached hydrogens (tertiary/aromatic N) is 1. The number of benzene rings is 3. The minimum Gasteiger partial charge on any atom is -0.306 e. The summed E-state index contributed by atoms with van der Waals surface area (Å²) >= 11 is 0. The van der Waals surface area contributed by atoms with E-state index >= 15 is 0 Å². The lowest BCUT2D eigenvalue weighted by Crippen LogP contribution is -2.04. The molecule has 27 heavy (non-hydrogen) atoms. The van der Waals surface area contributed by atoms with E-state index in [4.69, 9.17) is 0 Å². The third-order valence-electron chi connectivity index (χ3n) is 4.94. The predicted octanol–water partition coefficient (Wildman–Crippen LogP) is 6.40. The number of hydrogen-bond donors (Lipinski definition) is 0. The van der Waals surface area contributed by atoms with Crippen molar-refractivity contribution in [2.75, 3.05) is 0 Å². The second-order valence-corrected chi connectivity index (χ2v) is 6.70. The Morgan fingerprint density at radius 1 is 0.593 bits per heavy atom. The van der Waals surface area contributed by atoms with Gasteiger partial charge in [-0.3, -0.25) is 0 Å². The lowest BCUT2D eigenvalue weighted by molar-refractivity contribution is 0.483. The third kappa shape index (κ3) is 2.43. The molecule has 0 radical (unpaired) electrons. The van der Waals surface area contributed by atoms with Gasteiger partial charge in [0.05, 0.1) is 16.7 Å². The van der Waals surface area contributed by atoms with Gasteiger partial charge in [0, 0.05) is 22.4 Å². The molecule has 0 saturated carbocycles. The second kappa shape index (κ2) is 5.81. The first-order valence-corrected chi connectivity index (χ1v) is 8.25. The van der Waals surface area contributed by atoms with Gasteiger partial charge in [-0.1, -0.05) is 0 Å². The van der Waals surface area contributed by atoms with Crippen LogP contribution >= 0.6 is 0 Å². The number of hydrogen-bond acceptors (Lipinski definition) is 0. The molecule has 4 rings (SSSR count). The Kier molecular flexibility index (Phi) is 3.77. The van der Waals surface area contributed by atoms with Crippen LogP contribution in [0.3, 0.4) is 0 Å². The van der Waals surface area contributed by atoms with Gasteiger partial charge in [0.2, 0.25) is 0 Å². The van der Waals surface area contributed by atoms with E-state index in [1.165, 1.54) is 0 Å². The van der Waals surface area contributed by atoms with Crippen molar-refractivity contribution in [1.29, 1.82) is 0 Å². The zero-order valence-electron chi connectivity index (χ0n) is 14.7. The van der Waals surface area contributed by atoms with E-state index < -0.39 is 40.3 Å². The van der Waals surface area contributed by atoms with Crippen molar-refractivity contribution in [2.45, 2.75) is 20.8 Å². The minimum absolute atomic E-state index is 0.194. The van der Waals surface area contributed by atoms with Crippen molar-refractivity contribution in [3.63, 3.8) is 0 Å². The van der Waals surface area contributed by atoms with Crippen molar-refractivity contribution in [2.24, 2.45) is 0 Å². The molecule has 0 bridgehead atoms. The van der Waals surface area contributed by atoms with E-state index in [1.54, 1.807) is 26.0 Å². The zero-order chi connectivity index (χ0) is 19.6. The molecule has 1 nitrogen and oxygen atoms in total. The van der Waals surface area contributed by atoms with Crippen molar-refractivity contribution in [3.05, 3.63) is 76.1 Å². The molecule has 0 saturated heterocycles. The molecule has 0 aliphatic heterocycles. The molecule has 138 valence electrons. The molecule has 0 fully saturated rings. The van der Waals surface area contributed by atoms with Gasteiger partial charge in [-0.25, -0.2) is 22.0 Å². The van der Waals surface area contributed by atoms with Crippen LogP contribution < -0.4 is 0 Å². The number of rotatable bonds is 1. The van der Waals surface area contributed by atoms with Gasteiger partial charge < -0.3 is 4.57 Å². The van der Waals surface area contributed by atoms with E-state index in [2.05, 4.69) is 0 Å². The molecular weight excluding hydrogens is 361 g/mol. The third-order valence-corrected chi connectivity index (χ3v) is 4.94. The summed E-state index contributed by atoms with van der Waals surface area (Å²) in [5.41, 5.74) is 0.193. The van der Waals surface area contributed by atoms with Crippen molar-refractivity contribution in [3.8, 4) is 5.69 Å². The largest absolute Gasteiger partial charge is 0.306 e. The van der Waals surface area contributed by atoms with Crippen LogP contribution in [0.2, 0.25) is 0 Å². The molecule has 1 heterocycles. The topological polar surface area (TPSA) is 4.93 Å². The highest BCUT2D eigenvalue weighted by Gasteiger charge is 2.22. The van der Waals surface area contributed by atoms with E-state index in [9.17, 15) is 22.0 Å². The fraction of sp³-hybridized carbons (Fsp3) is 0.143. The van der Waals surface area contributed by atoms with Gasteiger partial charge in [0.15, 0.2) is 11.6 Å². The first kappa shape index (κ1) is 17.5. The summed E-state index contributed by atoms with van der Waals surface area (Å²) in [5.74, 6) is -4.68. The maximum atomic E-state index is 14.7. The Labute approximate surface area is 151 Å². The van der Waals surface area contributed by atoms with Crippen LogP contribution in [-0.2, 0) is 0 Å². The summed E-state index contributed by atoms with van der Waals surface area (Å²) in [4.78, 5) is 0. The van der Waals surface area contributed by atoms with Gasteiger partial charge >= 0.3 is 0 Å². The van der Waals surface area contributed by atoms with Gasteiger partial charge in [-0.15, -0.1) is 0 Å². The smallest absolute Gasteiger partial charge is 0.183 e. The summed E-state index contributed by atoms with van der Waals surface area (Å²) in [6.07, 6.45) is 0. The molecule has 0 atom stereocenters. The van der Waals surface area contributed by atoms with Crippen LogP contribution in [0.1, 0.15) is 16.7 Å². The molecular formula is C21H14F5N. The standard InChI is InChI=1S/C21H14F5N/c1-9-4-12-13-5-10(2)15(23)7-18(13)27(17(12)6-14(9)22)19-8-16(24)11(3)20(25)21(19)26/h4-8H,1-3H3. The van der Waals surface area contributed by atoms with Crippen LogP contribution in [0.5, 0.6) is 0 Å². The summed E-state index contributed by atoms with van der Waals surface area (Å²) in [7, 11) is 0. The number of aryl methyl sites for hydroxylation is 2. The Bertz CT molecular complexity index is 1190. The maximum Gasteiger partial charge on any atom is 0.183 e. The quantitative estimate of drug-likeness (QED) is 0.268. The zero-order valence-corrected chi connectivity index (χ0v) is 14.7. The van der Waals surface area contributed by atoms with Crippen LogP contribution in [-0.4, -0.2) is 4.57 Å². The monoisotopic (exact) mass is 375 g/mol. The molecule has 0 spiro atoms. The van der Waals surface area contributed by atoms with E-state index in [1.807, 2.05) is 0 Å². The average molecular weight is 375 g/mol. The number of aromatic nitrogens is 1. The lowest BCUT2D eigenvalue weighted by Gasteiger charge is -2.12. The Hall–Kier alpha value is -2.89. The SMILES string of the molecule is Cc1cc2c3cc(C)c(F)cc3n(-c3cc(F)c(C)c(F)c3F)c2cc1F. The van der Waals surface area contributed by atoms with Crippen LogP contribution in [0.4, 0.5) is 22.0 Å². The normalized spacial score (nSPS) is 11.7. The molecule has 0 N–H and O–H groups in total. The predicted molar refractivity (Wildman–Crippen MR) is 94.8 cm³/mol. The molecule has 6 heteroatoms. The van der Waals surface area contributed by atoms with Crippen molar-refractivity contribution in [1.82, 2.24) is 4.57 Å². The number of halogens is 5. The van der Waals surface area contributed by atoms with E-state index in [0.717, 1.165) is 29.7 Å². The molecule has 0 aliphatic rings. The summed E-state index contributed by atoms with van der Waals surface area (Å²) < 4.78 is 72.6. The maximum absolute atomic E-state index is 14.7. The molecule has 3 aromatic carbocycles. The Morgan fingerprint density at radius 3 is 1.56 bits per heavy atom. The van der Waals surface area contributed by atoms with Gasteiger partial charge in [-0.05, 0) is 56.2 Å². The number of fused-ring (bicyclic) bond motifs is 3. The van der Waals surface area contributed by atoms with Gasteiger partial charge in [0.25, 0.3) is 0 Å². The average Bonchev–Trinajstić information content (AvgIpc) is 2.90. The molecule has 4 aromatic rings. The molecule has 0 amide bonds. The van der Waals surface area contributed by atoms with Crippen molar-refractivity contribution < 1.29 is 22.0 Å².